The van der Waals surface area contributed by atoms with Crippen LogP contribution >= 0.6 is 40.5 Å². The van der Waals surface area contributed by atoms with Gasteiger partial charge in [0.05, 0.1) is 31.5 Å². The van der Waals surface area contributed by atoms with Gasteiger partial charge < -0.3 is 24.1 Å². The van der Waals surface area contributed by atoms with Gasteiger partial charge in [-0.25, -0.2) is 14.4 Å². The molecule has 0 heterocycles. The summed E-state index contributed by atoms with van der Waals surface area (Å²) < 4.78 is 16.7. The fourth-order valence-corrected chi connectivity index (χ4v) is 2.59. The summed E-state index contributed by atoms with van der Waals surface area (Å²) in [6, 6.07) is 0. The third-order valence-corrected chi connectivity index (χ3v) is 4.78. The second-order valence-electron chi connectivity index (χ2n) is 9.88. The average molecular weight is 742 g/mol. The standard InChI is InChI=1S/C10H17BrO2.C10H18O3.C5H8O2.C5H10O.C2H6S.BHNS/c1-4-13-10(12)9(7-11)6-5-8(2)3;1-5-13-10(12)8(4)9(11)6-7(2)3;1-3-5(6)7-4-2;1-5(2)3-4-6;1-3-2;1-2-3/h6,8H,4-5,7H2,1-3H3;7,9,11H,4-6H2,1-3H3;3H,1,4H2,2H3;4-5H,3H2,1-2H3;1-2H3;3H/b9-6+;;;;;. The molecule has 0 aromatic carbocycles. The molecule has 0 amide bonds. The normalized spacial score (nSPS) is 10.2. The van der Waals surface area contributed by atoms with Gasteiger partial charge in [-0.2, -0.15) is 11.8 Å². The number of rotatable bonds is 14. The maximum atomic E-state index is 11.3. The van der Waals surface area contributed by atoms with Crippen LogP contribution < -0.4 is 0 Å². The molecule has 0 aliphatic rings. The van der Waals surface area contributed by atoms with Crippen LogP contribution in [0.4, 0.5) is 0 Å². The average Bonchev–Trinajstić information content (AvgIpc) is 2.94. The number of carbonyl (C=O) groups is 4. The molecule has 0 aromatic rings. The number of thiol groups is 1. The van der Waals surface area contributed by atoms with Crippen molar-refractivity contribution in [3.63, 3.8) is 0 Å². The summed E-state index contributed by atoms with van der Waals surface area (Å²) in [5.74, 6) is 0.366. The molecular formula is C32H60BBrNO8S2. The SMILES string of the molecule is C=C(C(=O)OCC)C(O)CC(C)C.C=CC(=O)OCC.CC(C)CC=O.CCOC(=O)/C(=C/CC(C)C)CBr.CSC.[B]=NS. The molecule has 0 saturated carbocycles. The molecule has 1 radical (unpaired) electrons. The molecule has 0 saturated heterocycles. The molecule has 13 heteroatoms. The second-order valence-corrected chi connectivity index (χ2v) is 11.5. The molecule has 1 N–H and O–H groups in total. The summed E-state index contributed by atoms with van der Waals surface area (Å²) in [6.45, 7) is 25.4. The number of halogens is 1. The van der Waals surface area contributed by atoms with E-state index in [1.54, 1.807) is 25.6 Å². The van der Waals surface area contributed by atoms with Crippen molar-refractivity contribution in [3.05, 3.63) is 36.5 Å². The van der Waals surface area contributed by atoms with E-state index in [1.165, 1.54) is 0 Å². The number of hydrogen-bond acceptors (Lipinski definition) is 11. The van der Waals surface area contributed by atoms with Crippen LogP contribution in [0.15, 0.2) is 40.8 Å². The summed E-state index contributed by atoms with van der Waals surface area (Å²) in [5.41, 5.74) is 0.867. The first-order chi connectivity index (χ1) is 21.0. The third-order valence-electron chi connectivity index (χ3n) is 4.17. The number of aliphatic hydroxyl groups is 1. The minimum absolute atomic E-state index is 0.149. The number of allylic oxidation sites excluding steroid dienone is 1. The number of hydrogen-bond donors (Lipinski definition) is 2. The maximum absolute atomic E-state index is 11.3. The van der Waals surface area contributed by atoms with Gasteiger partial charge in [0, 0.05) is 23.4 Å². The third kappa shape index (κ3) is 55.1. The van der Waals surface area contributed by atoms with Crippen molar-refractivity contribution >= 4 is 72.3 Å². The van der Waals surface area contributed by atoms with Gasteiger partial charge in [0.25, 0.3) is 0 Å². The number of esters is 3. The first kappa shape index (κ1) is 55.7. The zero-order valence-corrected chi connectivity index (χ0v) is 32.8. The topological polar surface area (TPSA) is 129 Å². The van der Waals surface area contributed by atoms with E-state index >= 15 is 0 Å². The van der Waals surface area contributed by atoms with Crippen molar-refractivity contribution < 1.29 is 38.5 Å². The summed E-state index contributed by atoms with van der Waals surface area (Å²) in [7, 11) is 4.34. The van der Waals surface area contributed by atoms with Crippen molar-refractivity contribution in [2.45, 2.75) is 87.7 Å². The van der Waals surface area contributed by atoms with Gasteiger partial charge in [0.15, 0.2) is 0 Å². The summed E-state index contributed by atoms with van der Waals surface area (Å²) in [6.07, 6.45) is 9.49. The Morgan fingerprint density at radius 3 is 1.56 bits per heavy atom. The van der Waals surface area contributed by atoms with Crippen LogP contribution in [0.5, 0.6) is 0 Å². The van der Waals surface area contributed by atoms with Gasteiger partial charge in [-0.1, -0.05) is 76.7 Å². The van der Waals surface area contributed by atoms with Crippen LogP contribution in [0, 0.1) is 17.8 Å². The number of nitrogens with zero attached hydrogens (tertiary/aromatic N) is 1. The number of alkyl halides is 1. The van der Waals surface area contributed by atoms with Crippen molar-refractivity contribution in [1.29, 1.82) is 0 Å². The van der Waals surface area contributed by atoms with E-state index in [9.17, 15) is 24.3 Å². The van der Waals surface area contributed by atoms with E-state index in [4.69, 9.17) is 9.47 Å². The summed E-state index contributed by atoms with van der Waals surface area (Å²) in [4.78, 5) is 42.0. The van der Waals surface area contributed by atoms with Crippen LogP contribution in [0.2, 0.25) is 0 Å². The molecule has 1 unspecified atom stereocenters. The van der Waals surface area contributed by atoms with Gasteiger partial charge in [0.1, 0.15) is 6.29 Å². The Kier molecular flexibility index (Phi) is 55.0. The summed E-state index contributed by atoms with van der Waals surface area (Å²) >= 11 is 8.21. The molecule has 0 bridgehead atoms. The summed E-state index contributed by atoms with van der Waals surface area (Å²) in [5, 5.41) is 10.1. The Bertz CT molecular complexity index is 795. The van der Waals surface area contributed by atoms with E-state index in [0.717, 1.165) is 24.4 Å². The quantitative estimate of drug-likeness (QED) is 0.0353. The molecule has 0 aliphatic heterocycles. The van der Waals surface area contributed by atoms with E-state index in [0.29, 0.717) is 55.7 Å². The van der Waals surface area contributed by atoms with E-state index in [1.807, 2.05) is 53.2 Å². The van der Waals surface area contributed by atoms with Gasteiger partial charge in [0.2, 0.25) is 0 Å². The Balaban J connectivity index is -0.000000110. The molecular weight excluding hydrogens is 681 g/mol. The Morgan fingerprint density at radius 2 is 1.31 bits per heavy atom. The monoisotopic (exact) mass is 740 g/mol. The van der Waals surface area contributed by atoms with Gasteiger partial charge >= 0.3 is 42.7 Å². The molecule has 0 spiro atoms. The van der Waals surface area contributed by atoms with Gasteiger partial charge in [-0.15, -0.1) is 0 Å². The Labute approximate surface area is 293 Å². The zero-order valence-electron chi connectivity index (χ0n) is 29.5. The predicted octanol–water partition coefficient (Wildman–Crippen LogP) is 7.56. The Morgan fingerprint density at radius 1 is 0.911 bits per heavy atom. The predicted molar refractivity (Wildman–Crippen MR) is 198 cm³/mol. The van der Waals surface area contributed by atoms with E-state index in [2.05, 4.69) is 72.4 Å². The van der Waals surface area contributed by atoms with Crippen molar-refractivity contribution in [1.82, 2.24) is 0 Å². The van der Waals surface area contributed by atoms with Crippen LogP contribution in [-0.4, -0.2) is 80.7 Å². The first-order valence-corrected chi connectivity index (χ1v) is 17.8. The van der Waals surface area contributed by atoms with Gasteiger partial charge in [-0.05, 0) is 63.9 Å². The molecule has 0 fully saturated rings. The minimum atomic E-state index is -0.779. The van der Waals surface area contributed by atoms with Crippen molar-refractivity contribution in [2.24, 2.45) is 22.1 Å². The molecule has 0 aromatic heterocycles. The number of ether oxygens (including phenoxy) is 3. The van der Waals surface area contributed by atoms with E-state index < -0.39 is 12.1 Å². The van der Waals surface area contributed by atoms with Crippen LogP contribution in [0.25, 0.3) is 0 Å². The number of aliphatic hydroxyl groups excluding tert-OH is 1. The fourth-order valence-electron chi connectivity index (χ4n) is 2.14. The fraction of sp³-hybridized carbons (Fsp3) is 0.688. The van der Waals surface area contributed by atoms with Gasteiger partial charge in [-0.3, -0.25) is 0 Å². The number of aldehydes is 1. The number of thioether (sulfide) groups is 1. The van der Waals surface area contributed by atoms with Crippen molar-refractivity contribution in [3.8, 4) is 0 Å². The molecule has 263 valence electrons. The first-order valence-electron chi connectivity index (χ1n) is 14.6. The molecule has 45 heavy (non-hydrogen) atoms. The second kappa shape index (κ2) is 44.4. The molecule has 9 nitrogen and oxygen atoms in total. The van der Waals surface area contributed by atoms with Crippen LogP contribution in [0.3, 0.4) is 0 Å². The number of carbonyl (C=O) groups excluding carboxylic acids is 4. The van der Waals surface area contributed by atoms with E-state index in [-0.39, 0.29) is 17.5 Å². The Hall–Kier alpha value is -1.70. The van der Waals surface area contributed by atoms with Crippen LogP contribution in [-0.2, 0) is 33.4 Å². The zero-order chi connectivity index (χ0) is 36.8. The molecule has 1 atom stereocenters. The van der Waals surface area contributed by atoms with Crippen LogP contribution in [0.1, 0.15) is 81.6 Å². The molecule has 0 rings (SSSR count). The molecule has 0 aliphatic carbocycles. The van der Waals surface area contributed by atoms with Crippen molar-refractivity contribution in [2.75, 3.05) is 37.7 Å².